The molecular weight excluding hydrogens is 242 g/mol. The van der Waals surface area contributed by atoms with Gasteiger partial charge in [0, 0.05) is 17.8 Å². The van der Waals surface area contributed by atoms with Gasteiger partial charge in [0.15, 0.2) is 0 Å². The summed E-state index contributed by atoms with van der Waals surface area (Å²) in [5.41, 5.74) is 13.0. The number of hydrogen-bond acceptors (Lipinski definition) is 4. The molecule has 1 atom stereocenters. The second kappa shape index (κ2) is 5.93. The summed E-state index contributed by atoms with van der Waals surface area (Å²) in [6.07, 6.45) is 1.83. The second-order valence-corrected chi connectivity index (χ2v) is 4.83. The fourth-order valence-electron chi connectivity index (χ4n) is 2.58. The second-order valence-electron chi connectivity index (χ2n) is 4.83. The molecule has 0 radical (unpaired) electrons. The molecule has 1 unspecified atom stereocenters. The minimum Gasteiger partial charge on any atom is -0.494 e. The lowest BCUT2D eigenvalue weighted by Crippen LogP contribution is -2.39. The predicted molar refractivity (Wildman–Crippen MR) is 74.6 cm³/mol. The normalized spacial score (nSPS) is 19.5. The molecule has 0 spiro atoms. The van der Waals surface area contributed by atoms with Crippen LogP contribution in [0.3, 0.4) is 0 Å². The Bertz CT molecular complexity index is 462. The Labute approximate surface area is 113 Å². The van der Waals surface area contributed by atoms with E-state index >= 15 is 0 Å². The maximum atomic E-state index is 11.4. The molecule has 1 aromatic rings. The average molecular weight is 263 g/mol. The average Bonchev–Trinajstić information content (AvgIpc) is 2.81. The number of ether oxygens (including phenoxy) is 1. The smallest absolute Gasteiger partial charge is 0.234 e. The summed E-state index contributed by atoms with van der Waals surface area (Å²) in [5, 5.41) is 0. The summed E-state index contributed by atoms with van der Waals surface area (Å²) in [5.74, 6) is 0.575. The van der Waals surface area contributed by atoms with Gasteiger partial charge in [0.05, 0.1) is 12.6 Å². The van der Waals surface area contributed by atoms with Crippen molar-refractivity contribution in [3.05, 3.63) is 23.8 Å². The number of primary amides is 1. The Kier molecular flexibility index (Phi) is 4.27. The molecule has 0 aliphatic carbocycles. The number of benzene rings is 1. The number of carbonyl (C=O) groups excluding carboxylic acids is 1. The van der Waals surface area contributed by atoms with Crippen molar-refractivity contribution in [1.29, 1.82) is 0 Å². The van der Waals surface area contributed by atoms with Crippen LogP contribution < -0.4 is 16.2 Å². The Morgan fingerprint density at radius 2 is 2.32 bits per heavy atom. The van der Waals surface area contributed by atoms with Gasteiger partial charge in [0.25, 0.3) is 0 Å². The minimum atomic E-state index is -0.251. The third kappa shape index (κ3) is 3.17. The van der Waals surface area contributed by atoms with Crippen molar-refractivity contribution in [2.45, 2.75) is 32.4 Å². The topological polar surface area (TPSA) is 81.6 Å². The zero-order valence-electron chi connectivity index (χ0n) is 11.3. The van der Waals surface area contributed by atoms with Crippen LogP contribution in [0.2, 0.25) is 0 Å². The number of carbonyl (C=O) groups is 1. The number of hydrogen-bond donors (Lipinski definition) is 2. The molecule has 0 bridgehead atoms. The molecule has 0 aromatic heterocycles. The molecular formula is C14H21N3O2. The molecule has 104 valence electrons. The van der Waals surface area contributed by atoms with Crippen LogP contribution in [0.25, 0.3) is 0 Å². The molecule has 5 heteroatoms. The van der Waals surface area contributed by atoms with Gasteiger partial charge in [-0.2, -0.15) is 0 Å². The summed E-state index contributed by atoms with van der Waals surface area (Å²) < 4.78 is 5.60. The highest BCUT2D eigenvalue weighted by Crippen LogP contribution is 2.26. The highest BCUT2D eigenvalue weighted by atomic mass is 16.5. The highest BCUT2D eigenvalue weighted by Gasteiger charge is 2.29. The van der Waals surface area contributed by atoms with E-state index in [2.05, 4.69) is 4.90 Å². The number of nitrogens with two attached hydrogens (primary N) is 2. The van der Waals surface area contributed by atoms with Crippen LogP contribution in [0.15, 0.2) is 18.2 Å². The Morgan fingerprint density at radius 3 is 3.00 bits per heavy atom. The van der Waals surface area contributed by atoms with Gasteiger partial charge >= 0.3 is 0 Å². The van der Waals surface area contributed by atoms with Gasteiger partial charge in [-0.1, -0.05) is 0 Å². The minimum absolute atomic E-state index is 0.170. The summed E-state index contributed by atoms with van der Waals surface area (Å²) in [7, 11) is 0. The number of anilines is 1. The van der Waals surface area contributed by atoms with E-state index < -0.39 is 0 Å². The van der Waals surface area contributed by atoms with E-state index in [1.165, 1.54) is 0 Å². The van der Waals surface area contributed by atoms with Crippen LogP contribution in [0.4, 0.5) is 5.69 Å². The van der Waals surface area contributed by atoms with Gasteiger partial charge in [-0.3, -0.25) is 9.69 Å². The first-order valence-electron chi connectivity index (χ1n) is 6.66. The van der Waals surface area contributed by atoms with Crippen LogP contribution in [-0.4, -0.2) is 30.0 Å². The van der Waals surface area contributed by atoms with E-state index in [4.69, 9.17) is 16.2 Å². The zero-order chi connectivity index (χ0) is 13.8. The van der Waals surface area contributed by atoms with E-state index in [-0.39, 0.29) is 11.9 Å². The standard InChI is InChI=1S/C14H21N3O2/c1-2-19-13-6-5-11(15)8-10(13)9-17-7-3-4-12(17)14(16)18/h5-6,8,12H,2-4,7,9,15H2,1H3,(H2,16,18). The van der Waals surface area contributed by atoms with Gasteiger partial charge in [-0.15, -0.1) is 0 Å². The largest absolute Gasteiger partial charge is 0.494 e. The first kappa shape index (κ1) is 13.7. The van der Waals surface area contributed by atoms with Crippen LogP contribution in [0.1, 0.15) is 25.3 Å². The van der Waals surface area contributed by atoms with Gasteiger partial charge in [0.2, 0.25) is 5.91 Å². The van der Waals surface area contributed by atoms with Gasteiger partial charge in [-0.05, 0) is 44.5 Å². The van der Waals surface area contributed by atoms with E-state index in [0.29, 0.717) is 18.8 Å². The summed E-state index contributed by atoms with van der Waals surface area (Å²) in [4.78, 5) is 13.5. The molecule has 1 saturated heterocycles. The third-order valence-corrected chi connectivity index (χ3v) is 3.45. The van der Waals surface area contributed by atoms with Gasteiger partial charge < -0.3 is 16.2 Å². The van der Waals surface area contributed by atoms with Crippen molar-refractivity contribution in [3.63, 3.8) is 0 Å². The highest BCUT2D eigenvalue weighted by molar-refractivity contribution is 5.80. The predicted octanol–water partition coefficient (Wildman–Crippen LogP) is 1.12. The summed E-state index contributed by atoms with van der Waals surface area (Å²) >= 11 is 0. The molecule has 5 nitrogen and oxygen atoms in total. The first-order valence-corrected chi connectivity index (χ1v) is 6.66. The monoisotopic (exact) mass is 263 g/mol. The van der Waals surface area contributed by atoms with E-state index in [1.807, 2.05) is 25.1 Å². The number of amides is 1. The first-order chi connectivity index (χ1) is 9.11. The number of rotatable bonds is 5. The van der Waals surface area contributed by atoms with Crippen molar-refractivity contribution in [1.82, 2.24) is 4.90 Å². The maximum absolute atomic E-state index is 11.4. The lowest BCUT2D eigenvalue weighted by molar-refractivity contribution is -0.122. The molecule has 2 rings (SSSR count). The SMILES string of the molecule is CCOc1ccc(N)cc1CN1CCCC1C(N)=O. The fraction of sp³-hybridized carbons (Fsp3) is 0.500. The number of nitrogen functional groups attached to an aromatic ring is 1. The van der Waals surface area contributed by atoms with Crippen LogP contribution >= 0.6 is 0 Å². The summed E-state index contributed by atoms with van der Waals surface area (Å²) in [6.45, 7) is 4.08. The van der Waals surface area contributed by atoms with E-state index in [9.17, 15) is 4.79 Å². The Hall–Kier alpha value is -1.75. The number of likely N-dealkylation sites (tertiary alicyclic amines) is 1. The summed E-state index contributed by atoms with van der Waals surface area (Å²) in [6, 6.07) is 5.44. The van der Waals surface area contributed by atoms with Crippen LogP contribution in [0, 0.1) is 0 Å². The van der Waals surface area contributed by atoms with Crippen LogP contribution in [-0.2, 0) is 11.3 Å². The molecule has 1 aliphatic heterocycles. The Balaban J connectivity index is 2.17. The lowest BCUT2D eigenvalue weighted by atomic mass is 10.1. The van der Waals surface area contributed by atoms with Crippen molar-refractivity contribution in [3.8, 4) is 5.75 Å². The molecule has 1 fully saturated rings. The number of nitrogens with zero attached hydrogens (tertiary/aromatic N) is 1. The van der Waals surface area contributed by atoms with Crippen LogP contribution in [0.5, 0.6) is 5.75 Å². The molecule has 0 saturated carbocycles. The molecule has 1 heterocycles. The van der Waals surface area contributed by atoms with Crippen molar-refractivity contribution in [2.75, 3.05) is 18.9 Å². The fourth-order valence-corrected chi connectivity index (χ4v) is 2.58. The Morgan fingerprint density at radius 1 is 1.53 bits per heavy atom. The molecule has 1 aromatic carbocycles. The van der Waals surface area contributed by atoms with Gasteiger partial charge in [-0.25, -0.2) is 0 Å². The van der Waals surface area contributed by atoms with Crippen molar-refractivity contribution in [2.24, 2.45) is 5.73 Å². The third-order valence-electron chi connectivity index (χ3n) is 3.45. The van der Waals surface area contributed by atoms with Crippen molar-refractivity contribution < 1.29 is 9.53 Å². The molecule has 1 aliphatic rings. The molecule has 1 amide bonds. The lowest BCUT2D eigenvalue weighted by Gasteiger charge is -2.23. The maximum Gasteiger partial charge on any atom is 0.234 e. The van der Waals surface area contributed by atoms with Crippen molar-refractivity contribution >= 4 is 11.6 Å². The quantitative estimate of drug-likeness (QED) is 0.780. The van der Waals surface area contributed by atoms with E-state index in [1.54, 1.807) is 0 Å². The molecule has 19 heavy (non-hydrogen) atoms. The van der Waals surface area contributed by atoms with Gasteiger partial charge in [0.1, 0.15) is 5.75 Å². The zero-order valence-corrected chi connectivity index (χ0v) is 11.3. The molecule has 4 N–H and O–H groups in total. The van der Waals surface area contributed by atoms with E-state index in [0.717, 1.165) is 30.7 Å².